The fourth-order valence-electron chi connectivity index (χ4n) is 2.81. The molecule has 1 aliphatic carbocycles. The molecule has 1 N–H and O–H groups in total. The molecule has 0 aliphatic heterocycles. The number of nitrogens with one attached hydrogen (secondary N) is 1. The van der Waals surface area contributed by atoms with Crippen molar-refractivity contribution in [1.82, 2.24) is 9.97 Å². The molecule has 0 radical (unpaired) electrons. The molecule has 0 bridgehead atoms. The normalized spacial score (nSPS) is 15.1. The molecule has 0 aromatic carbocycles. The summed E-state index contributed by atoms with van der Waals surface area (Å²) in [6.45, 7) is 10.3. The first kappa shape index (κ1) is 22.0. The molecule has 7 heteroatoms. The number of carbonyl (C=O) groups excluding carboxylic acids is 1. The van der Waals surface area contributed by atoms with Crippen LogP contribution in [0.5, 0.6) is 0 Å². The highest BCUT2D eigenvalue weighted by atomic mass is 32.2. The second-order valence-electron chi connectivity index (χ2n) is 7.47. The van der Waals surface area contributed by atoms with Gasteiger partial charge in [-0.2, -0.15) is 0 Å². The van der Waals surface area contributed by atoms with E-state index in [0.29, 0.717) is 10.9 Å². The fraction of sp³-hybridized carbons (Fsp3) is 0.650. The van der Waals surface area contributed by atoms with E-state index in [-0.39, 0.29) is 17.2 Å². The van der Waals surface area contributed by atoms with Crippen LogP contribution in [-0.2, 0) is 16.0 Å². The maximum atomic E-state index is 12.3. The van der Waals surface area contributed by atoms with Crippen molar-refractivity contribution in [3.63, 3.8) is 0 Å². The van der Waals surface area contributed by atoms with Crippen LogP contribution in [0.1, 0.15) is 78.4 Å². The molecule has 5 nitrogen and oxygen atoms in total. The predicted molar refractivity (Wildman–Crippen MR) is 113 cm³/mol. The number of carbonyl (C=O) groups is 1. The number of thiazole rings is 1. The second kappa shape index (κ2) is 10.3. The Bertz CT molecular complexity index is 713. The Hall–Kier alpha value is -1.34. The highest BCUT2D eigenvalue weighted by Crippen LogP contribution is 2.32. The van der Waals surface area contributed by atoms with Crippen molar-refractivity contribution in [2.75, 3.05) is 5.32 Å². The van der Waals surface area contributed by atoms with Gasteiger partial charge in [0.1, 0.15) is 5.76 Å². The molecule has 0 atom stereocenters. The van der Waals surface area contributed by atoms with Crippen LogP contribution >= 0.6 is 23.1 Å². The van der Waals surface area contributed by atoms with Crippen molar-refractivity contribution in [3.05, 3.63) is 24.0 Å². The molecule has 1 amide bonds. The average molecular weight is 410 g/mol. The lowest BCUT2D eigenvalue weighted by Crippen LogP contribution is -2.24. The summed E-state index contributed by atoms with van der Waals surface area (Å²) in [6, 6.07) is 0. The Balaban J connectivity index is 0.00000126. The van der Waals surface area contributed by atoms with Gasteiger partial charge in [-0.1, -0.05) is 65.2 Å². The van der Waals surface area contributed by atoms with E-state index in [1.165, 1.54) is 17.8 Å². The molecule has 2 aromatic rings. The maximum absolute atomic E-state index is 12.3. The predicted octanol–water partition coefficient (Wildman–Crippen LogP) is 6.27. The van der Waals surface area contributed by atoms with E-state index < -0.39 is 0 Å². The van der Waals surface area contributed by atoms with Gasteiger partial charge >= 0.3 is 0 Å². The topological polar surface area (TPSA) is 68.0 Å². The zero-order valence-corrected chi connectivity index (χ0v) is 18.6. The zero-order chi connectivity index (χ0) is 19.9. The number of hydrogen-bond donors (Lipinski definition) is 1. The van der Waals surface area contributed by atoms with Crippen LogP contribution in [0.25, 0.3) is 0 Å². The van der Waals surface area contributed by atoms with Gasteiger partial charge in [-0.25, -0.2) is 9.97 Å². The van der Waals surface area contributed by atoms with Gasteiger partial charge in [0.25, 0.3) is 0 Å². The average Bonchev–Trinajstić information content (AvgIpc) is 3.31. The van der Waals surface area contributed by atoms with E-state index in [0.717, 1.165) is 41.5 Å². The Labute approximate surface area is 170 Å². The highest BCUT2D eigenvalue weighted by molar-refractivity contribution is 8.00. The first-order valence-electron chi connectivity index (χ1n) is 9.76. The summed E-state index contributed by atoms with van der Waals surface area (Å²) >= 11 is 3.14. The molecular formula is C20H31N3O2S2. The van der Waals surface area contributed by atoms with Crippen LogP contribution in [0.2, 0.25) is 0 Å². The number of hydrogen-bond acceptors (Lipinski definition) is 6. The van der Waals surface area contributed by atoms with Crippen LogP contribution in [0.3, 0.4) is 0 Å². The van der Waals surface area contributed by atoms with Gasteiger partial charge in [0, 0.05) is 11.3 Å². The van der Waals surface area contributed by atoms with Crippen molar-refractivity contribution in [1.29, 1.82) is 0 Å². The number of anilines is 1. The Morgan fingerprint density at radius 2 is 1.93 bits per heavy atom. The van der Waals surface area contributed by atoms with E-state index in [1.54, 1.807) is 24.2 Å². The Morgan fingerprint density at radius 3 is 2.56 bits per heavy atom. The second-order valence-corrected chi connectivity index (χ2v) is 9.77. The molecule has 0 unspecified atom stereocenters. The quantitative estimate of drug-likeness (QED) is 0.590. The number of oxazole rings is 1. The van der Waals surface area contributed by atoms with Crippen molar-refractivity contribution in [2.24, 2.45) is 5.92 Å². The molecule has 2 aromatic heterocycles. The minimum Gasteiger partial charge on any atom is -0.444 e. The third kappa shape index (κ3) is 6.64. The van der Waals surface area contributed by atoms with Crippen LogP contribution < -0.4 is 5.32 Å². The van der Waals surface area contributed by atoms with E-state index in [2.05, 4.69) is 36.1 Å². The Kier molecular flexibility index (Phi) is 8.35. The molecule has 0 saturated heterocycles. The van der Waals surface area contributed by atoms with E-state index in [1.807, 2.05) is 13.8 Å². The van der Waals surface area contributed by atoms with Gasteiger partial charge in [-0.15, -0.1) is 11.8 Å². The Morgan fingerprint density at radius 1 is 1.22 bits per heavy atom. The molecule has 27 heavy (non-hydrogen) atoms. The van der Waals surface area contributed by atoms with Crippen molar-refractivity contribution in [3.8, 4) is 0 Å². The zero-order valence-electron chi connectivity index (χ0n) is 17.0. The lowest BCUT2D eigenvalue weighted by molar-refractivity contribution is -0.120. The van der Waals surface area contributed by atoms with Gasteiger partial charge < -0.3 is 9.73 Å². The number of nitrogens with zero attached hydrogens (tertiary/aromatic N) is 2. The lowest BCUT2D eigenvalue weighted by atomic mass is 9.89. The first-order chi connectivity index (χ1) is 12.9. The van der Waals surface area contributed by atoms with E-state index >= 15 is 0 Å². The number of rotatable bonds is 5. The first-order valence-corrected chi connectivity index (χ1v) is 11.6. The number of thioether (sulfide) groups is 1. The lowest BCUT2D eigenvalue weighted by Gasteiger charge is -2.19. The third-order valence-corrected chi connectivity index (χ3v) is 6.41. The summed E-state index contributed by atoms with van der Waals surface area (Å²) in [4.78, 5) is 20.9. The monoisotopic (exact) mass is 409 g/mol. The fourth-order valence-corrected chi connectivity index (χ4v) is 4.54. The summed E-state index contributed by atoms with van der Waals surface area (Å²) in [5.41, 5.74) is -0.0308. The molecular weight excluding hydrogens is 378 g/mol. The van der Waals surface area contributed by atoms with Gasteiger partial charge in [0.2, 0.25) is 11.8 Å². The summed E-state index contributed by atoms with van der Waals surface area (Å²) < 4.78 is 6.85. The molecule has 3 rings (SSSR count). The van der Waals surface area contributed by atoms with E-state index in [4.69, 9.17) is 4.42 Å². The summed E-state index contributed by atoms with van der Waals surface area (Å²) in [5, 5.41) is 3.65. The minimum atomic E-state index is -0.0308. The molecule has 2 heterocycles. The molecule has 1 saturated carbocycles. The van der Waals surface area contributed by atoms with Crippen LogP contribution in [0, 0.1) is 5.92 Å². The van der Waals surface area contributed by atoms with Crippen molar-refractivity contribution < 1.29 is 9.21 Å². The number of aromatic nitrogens is 2. The van der Waals surface area contributed by atoms with Crippen molar-refractivity contribution in [2.45, 2.75) is 82.1 Å². The maximum Gasteiger partial charge on any atom is 0.229 e. The SMILES string of the molecule is CC.CC(C)(C)c1cnc(CSc2cnc(NC(=O)C3CCCCC3)s2)o1. The number of amides is 1. The van der Waals surface area contributed by atoms with Crippen LogP contribution in [0.15, 0.2) is 21.0 Å². The molecule has 150 valence electrons. The van der Waals surface area contributed by atoms with Gasteiger partial charge in [-0.05, 0) is 12.8 Å². The summed E-state index contributed by atoms with van der Waals surface area (Å²) in [7, 11) is 0. The molecule has 1 aliphatic rings. The third-order valence-electron chi connectivity index (χ3n) is 4.32. The smallest absolute Gasteiger partial charge is 0.229 e. The molecule has 0 spiro atoms. The largest absolute Gasteiger partial charge is 0.444 e. The highest BCUT2D eigenvalue weighted by Gasteiger charge is 2.22. The summed E-state index contributed by atoms with van der Waals surface area (Å²) in [6.07, 6.45) is 9.17. The van der Waals surface area contributed by atoms with Crippen molar-refractivity contribution >= 4 is 34.1 Å². The van der Waals surface area contributed by atoms with E-state index in [9.17, 15) is 4.79 Å². The van der Waals surface area contributed by atoms with Gasteiger partial charge in [-0.3, -0.25) is 4.79 Å². The molecule has 1 fully saturated rings. The summed E-state index contributed by atoms with van der Waals surface area (Å²) in [5.74, 6) is 2.54. The van der Waals surface area contributed by atoms with Gasteiger partial charge in [0.15, 0.2) is 5.13 Å². The van der Waals surface area contributed by atoms with Crippen LogP contribution in [-0.4, -0.2) is 15.9 Å². The standard InChI is InChI=1S/C18H25N3O2S2.C2H6/c1-18(2,3)13-9-19-14(23-13)11-24-15-10-20-17(25-15)21-16(22)12-7-5-4-6-8-12;1-2/h9-10,12H,4-8,11H2,1-3H3,(H,20,21,22);1-2H3. The minimum absolute atomic E-state index is 0.0308. The van der Waals surface area contributed by atoms with Crippen LogP contribution in [0.4, 0.5) is 5.13 Å². The van der Waals surface area contributed by atoms with Gasteiger partial charge in [0.05, 0.1) is 22.4 Å².